The van der Waals surface area contributed by atoms with Gasteiger partial charge in [0, 0.05) is 19.1 Å². The summed E-state index contributed by atoms with van der Waals surface area (Å²) in [6.07, 6.45) is 1.95. The van der Waals surface area contributed by atoms with E-state index in [9.17, 15) is 4.79 Å². The lowest BCUT2D eigenvalue weighted by Gasteiger charge is -2.29. The number of hydrogen-bond donors (Lipinski definition) is 0. The smallest absolute Gasteiger partial charge is 0.186 e. The third-order valence-electron chi connectivity index (χ3n) is 3.60. The Morgan fingerprint density at radius 3 is 2.40 bits per heavy atom. The van der Waals surface area contributed by atoms with Gasteiger partial charge in [-0.25, -0.2) is 4.98 Å². The molecule has 1 aromatic heterocycles. The fourth-order valence-corrected chi connectivity index (χ4v) is 3.51. The normalized spacial score (nSPS) is 14.3. The summed E-state index contributed by atoms with van der Waals surface area (Å²) >= 11 is 1.52. The first-order chi connectivity index (χ1) is 9.44. The van der Waals surface area contributed by atoms with E-state index < -0.39 is 0 Å². The van der Waals surface area contributed by atoms with Gasteiger partial charge in [-0.05, 0) is 40.3 Å². The number of aldehydes is 1. The fraction of sp³-hybridized carbons (Fsp3) is 0.733. The molecule has 0 fully saturated rings. The van der Waals surface area contributed by atoms with Gasteiger partial charge in [0.1, 0.15) is 0 Å². The van der Waals surface area contributed by atoms with E-state index in [4.69, 9.17) is 4.98 Å². The van der Waals surface area contributed by atoms with Gasteiger partial charge in [0.15, 0.2) is 11.4 Å². The predicted octanol–water partition coefficient (Wildman–Crippen LogP) is 3.25. The Hall–Kier alpha value is -0.940. The molecule has 1 aromatic rings. The molecular weight excluding hydrogens is 270 g/mol. The van der Waals surface area contributed by atoms with Crippen LogP contribution in [0.2, 0.25) is 0 Å². The molecule has 0 radical (unpaired) electrons. The van der Waals surface area contributed by atoms with Crippen molar-refractivity contribution < 1.29 is 4.79 Å². The van der Waals surface area contributed by atoms with Gasteiger partial charge >= 0.3 is 0 Å². The van der Waals surface area contributed by atoms with Crippen LogP contribution in [0, 0.1) is 0 Å². The van der Waals surface area contributed by atoms with Gasteiger partial charge < -0.3 is 9.80 Å². The first kappa shape index (κ1) is 17.1. The van der Waals surface area contributed by atoms with Crippen LogP contribution in [-0.2, 0) is 0 Å². The summed E-state index contributed by atoms with van der Waals surface area (Å²) in [6, 6.07) is 0.380. The van der Waals surface area contributed by atoms with Gasteiger partial charge in [-0.1, -0.05) is 25.2 Å². The summed E-state index contributed by atoms with van der Waals surface area (Å²) in [4.78, 5) is 21.3. The predicted molar refractivity (Wildman–Crippen MR) is 87.2 cm³/mol. The third-order valence-corrected chi connectivity index (χ3v) is 4.64. The molecule has 2 atom stereocenters. The van der Waals surface area contributed by atoms with Crippen molar-refractivity contribution in [3.63, 3.8) is 0 Å². The SMILES string of the molecule is CCC(C)c1nc(N(CC)C(C)CN(C)C)sc1C=O. The summed E-state index contributed by atoms with van der Waals surface area (Å²) in [5.41, 5.74) is 0.956. The first-order valence-electron chi connectivity index (χ1n) is 7.31. The number of thiazole rings is 1. The van der Waals surface area contributed by atoms with Crippen LogP contribution in [0.5, 0.6) is 0 Å². The van der Waals surface area contributed by atoms with Gasteiger partial charge in [0.05, 0.1) is 10.6 Å². The van der Waals surface area contributed by atoms with E-state index in [1.165, 1.54) is 11.3 Å². The van der Waals surface area contributed by atoms with Crippen LogP contribution < -0.4 is 4.90 Å². The van der Waals surface area contributed by atoms with Crippen molar-refractivity contribution in [2.24, 2.45) is 0 Å². The number of likely N-dealkylation sites (N-methyl/N-ethyl adjacent to an activating group) is 2. The topological polar surface area (TPSA) is 36.4 Å². The lowest BCUT2D eigenvalue weighted by Crippen LogP contribution is -2.40. The molecule has 20 heavy (non-hydrogen) atoms. The van der Waals surface area contributed by atoms with Crippen molar-refractivity contribution in [2.45, 2.75) is 46.1 Å². The minimum absolute atomic E-state index is 0.336. The highest BCUT2D eigenvalue weighted by Crippen LogP contribution is 2.31. The van der Waals surface area contributed by atoms with Gasteiger partial charge in [-0.15, -0.1) is 0 Å². The molecule has 0 amide bonds. The average molecular weight is 297 g/mol. The van der Waals surface area contributed by atoms with E-state index in [2.05, 4.69) is 51.6 Å². The number of aromatic nitrogens is 1. The van der Waals surface area contributed by atoms with Crippen LogP contribution in [0.15, 0.2) is 0 Å². The van der Waals surface area contributed by atoms with E-state index in [1.54, 1.807) is 0 Å². The molecule has 4 nitrogen and oxygen atoms in total. The first-order valence-corrected chi connectivity index (χ1v) is 8.13. The molecule has 114 valence electrons. The molecule has 0 bridgehead atoms. The van der Waals surface area contributed by atoms with E-state index in [1.807, 2.05) is 0 Å². The summed E-state index contributed by atoms with van der Waals surface area (Å²) in [6.45, 7) is 10.5. The van der Waals surface area contributed by atoms with Gasteiger partial charge in [0.2, 0.25) is 0 Å². The molecule has 0 aromatic carbocycles. The molecular formula is C15H27N3OS. The zero-order chi connectivity index (χ0) is 15.3. The monoisotopic (exact) mass is 297 g/mol. The molecule has 0 saturated carbocycles. The van der Waals surface area contributed by atoms with E-state index in [0.29, 0.717) is 12.0 Å². The number of hydrogen-bond acceptors (Lipinski definition) is 5. The van der Waals surface area contributed by atoms with Gasteiger partial charge in [-0.3, -0.25) is 4.79 Å². The summed E-state index contributed by atoms with van der Waals surface area (Å²) in [5, 5.41) is 0.972. The highest BCUT2D eigenvalue weighted by Gasteiger charge is 2.21. The minimum Gasteiger partial charge on any atom is -0.344 e. The molecule has 0 N–H and O–H groups in total. The zero-order valence-corrected chi connectivity index (χ0v) is 14.3. The second kappa shape index (κ2) is 7.74. The molecule has 0 aliphatic heterocycles. The Kier molecular flexibility index (Phi) is 6.62. The summed E-state index contributed by atoms with van der Waals surface area (Å²) < 4.78 is 0. The van der Waals surface area contributed by atoms with E-state index in [0.717, 1.165) is 41.5 Å². The van der Waals surface area contributed by atoms with Gasteiger partial charge in [0.25, 0.3) is 0 Å². The Morgan fingerprint density at radius 1 is 1.30 bits per heavy atom. The van der Waals surface area contributed by atoms with E-state index in [-0.39, 0.29) is 0 Å². The Balaban J connectivity index is 3.04. The number of nitrogens with zero attached hydrogens (tertiary/aromatic N) is 3. The number of carbonyl (C=O) groups excluding carboxylic acids is 1. The van der Waals surface area contributed by atoms with Crippen molar-refractivity contribution in [3.05, 3.63) is 10.6 Å². The highest BCUT2D eigenvalue weighted by molar-refractivity contribution is 7.17. The number of anilines is 1. The largest absolute Gasteiger partial charge is 0.344 e. The Morgan fingerprint density at radius 2 is 1.95 bits per heavy atom. The molecule has 0 spiro atoms. The maximum atomic E-state index is 11.3. The molecule has 0 aliphatic rings. The van der Waals surface area contributed by atoms with Crippen LogP contribution >= 0.6 is 11.3 Å². The van der Waals surface area contributed by atoms with Crippen molar-refractivity contribution in [1.82, 2.24) is 9.88 Å². The summed E-state index contributed by atoms with van der Waals surface area (Å²) in [5.74, 6) is 0.336. The van der Waals surface area contributed by atoms with Crippen molar-refractivity contribution in [1.29, 1.82) is 0 Å². The van der Waals surface area contributed by atoms with Crippen LogP contribution in [0.3, 0.4) is 0 Å². The lowest BCUT2D eigenvalue weighted by atomic mass is 10.0. The quantitative estimate of drug-likeness (QED) is 0.690. The van der Waals surface area contributed by atoms with Gasteiger partial charge in [-0.2, -0.15) is 0 Å². The van der Waals surface area contributed by atoms with Crippen LogP contribution in [-0.4, -0.2) is 49.4 Å². The van der Waals surface area contributed by atoms with Crippen LogP contribution in [0.1, 0.15) is 55.4 Å². The molecule has 5 heteroatoms. The van der Waals surface area contributed by atoms with Crippen LogP contribution in [0.25, 0.3) is 0 Å². The molecule has 1 heterocycles. The second-order valence-corrected chi connectivity index (χ2v) is 6.58. The Bertz CT molecular complexity index is 431. The molecule has 2 unspecified atom stereocenters. The third kappa shape index (κ3) is 4.03. The second-order valence-electron chi connectivity index (χ2n) is 5.57. The molecule has 1 rings (SSSR count). The standard InChI is InChI=1S/C15H27N3OS/c1-7-11(3)14-13(10-19)20-15(16-14)18(8-2)12(4)9-17(5)6/h10-12H,7-9H2,1-6H3. The highest BCUT2D eigenvalue weighted by atomic mass is 32.1. The number of carbonyl (C=O) groups is 1. The minimum atomic E-state index is 0.336. The van der Waals surface area contributed by atoms with Crippen molar-refractivity contribution in [2.75, 3.05) is 32.1 Å². The zero-order valence-electron chi connectivity index (χ0n) is 13.5. The van der Waals surface area contributed by atoms with Crippen LogP contribution in [0.4, 0.5) is 5.13 Å². The Labute approximate surface area is 126 Å². The number of rotatable bonds is 8. The lowest BCUT2D eigenvalue weighted by molar-refractivity contribution is 0.112. The molecule has 0 saturated heterocycles. The maximum Gasteiger partial charge on any atom is 0.186 e. The molecule has 0 aliphatic carbocycles. The van der Waals surface area contributed by atoms with E-state index >= 15 is 0 Å². The fourth-order valence-electron chi connectivity index (χ4n) is 2.35. The summed E-state index contributed by atoms with van der Waals surface area (Å²) in [7, 11) is 4.15. The van der Waals surface area contributed by atoms with Crippen molar-refractivity contribution >= 4 is 22.8 Å². The maximum absolute atomic E-state index is 11.3. The average Bonchev–Trinajstić information content (AvgIpc) is 2.81. The van der Waals surface area contributed by atoms with Crippen molar-refractivity contribution in [3.8, 4) is 0 Å².